The van der Waals surface area contributed by atoms with Crippen LogP contribution in [0.3, 0.4) is 0 Å². The highest BCUT2D eigenvalue weighted by molar-refractivity contribution is 6.74. The van der Waals surface area contributed by atoms with E-state index < -0.39 is 13.9 Å². The van der Waals surface area contributed by atoms with E-state index in [9.17, 15) is 4.79 Å². The fourth-order valence-electron chi connectivity index (χ4n) is 1.37. The van der Waals surface area contributed by atoms with Gasteiger partial charge in [-0.1, -0.05) is 20.8 Å². The molecule has 1 saturated carbocycles. The van der Waals surface area contributed by atoms with Crippen molar-refractivity contribution in [2.24, 2.45) is 0 Å². The lowest BCUT2D eigenvalue weighted by molar-refractivity contribution is -0.154. The zero-order chi connectivity index (χ0) is 12.6. The lowest BCUT2D eigenvalue weighted by Crippen LogP contribution is -2.47. The Kier molecular flexibility index (Phi) is 3.55. The summed E-state index contributed by atoms with van der Waals surface area (Å²) in [7, 11) is -1.87. The van der Waals surface area contributed by atoms with Gasteiger partial charge in [-0.05, 0) is 37.9 Å². The van der Waals surface area contributed by atoms with E-state index in [4.69, 9.17) is 9.16 Å². The van der Waals surface area contributed by atoms with Crippen LogP contribution in [-0.2, 0) is 14.0 Å². The van der Waals surface area contributed by atoms with E-state index >= 15 is 0 Å². The van der Waals surface area contributed by atoms with Crippen molar-refractivity contribution in [2.45, 2.75) is 64.3 Å². The molecular formula is C12H24O3Si. The molecule has 4 heteroatoms. The summed E-state index contributed by atoms with van der Waals surface area (Å²) in [4.78, 5) is 11.8. The maximum absolute atomic E-state index is 11.8. The molecule has 1 fully saturated rings. The molecule has 16 heavy (non-hydrogen) atoms. The van der Waals surface area contributed by atoms with Crippen LogP contribution in [0.1, 0.15) is 40.5 Å². The van der Waals surface area contributed by atoms with Crippen LogP contribution in [0.25, 0.3) is 0 Å². The van der Waals surface area contributed by atoms with Crippen molar-refractivity contribution >= 4 is 14.3 Å². The van der Waals surface area contributed by atoms with Crippen LogP contribution >= 0.6 is 0 Å². The van der Waals surface area contributed by atoms with Gasteiger partial charge in [-0.3, -0.25) is 0 Å². The van der Waals surface area contributed by atoms with Gasteiger partial charge in [0.05, 0.1) is 6.61 Å². The molecule has 3 nitrogen and oxygen atoms in total. The second-order valence-corrected chi connectivity index (χ2v) is 10.8. The average Bonchev–Trinajstić information content (AvgIpc) is 2.83. The van der Waals surface area contributed by atoms with E-state index in [-0.39, 0.29) is 11.0 Å². The molecule has 0 bridgehead atoms. The second kappa shape index (κ2) is 4.15. The van der Waals surface area contributed by atoms with Crippen molar-refractivity contribution in [3.63, 3.8) is 0 Å². The Morgan fingerprint density at radius 2 is 1.81 bits per heavy atom. The third kappa shape index (κ3) is 2.66. The smallest absolute Gasteiger partial charge is 0.337 e. The predicted octanol–water partition coefficient (Wildman–Crippen LogP) is 3.10. The molecular weight excluding hydrogens is 220 g/mol. The largest absolute Gasteiger partial charge is 0.464 e. The minimum atomic E-state index is -1.87. The van der Waals surface area contributed by atoms with Gasteiger partial charge in [0.1, 0.15) is 0 Å². The number of hydrogen-bond acceptors (Lipinski definition) is 3. The summed E-state index contributed by atoms with van der Waals surface area (Å²) in [6.07, 6.45) is 1.64. The lowest BCUT2D eigenvalue weighted by Gasteiger charge is -2.38. The van der Waals surface area contributed by atoms with Crippen molar-refractivity contribution in [1.82, 2.24) is 0 Å². The molecule has 1 aliphatic rings. The van der Waals surface area contributed by atoms with E-state index in [0.717, 1.165) is 12.8 Å². The molecule has 0 heterocycles. The molecule has 0 radical (unpaired) electrons. The Morgan fingerprint density at radius 1 is 1.31 bits per heavy atom. The Morgan fingerprint density at radius 3 is 2.12 bits per heavy atom. The van der Waals surface area contributed by atoms with Crippen LogP contribution < -0.4 is 0 Å². The first-order valence-electron chi connectivity index (χ1n) is 6.02. The molecule has 0 aromatic heterocycles. The second-order valence-electron chi connectivity index (χ2n) is 6.08. The van der Waals surface area contributed by atoms with E-state index in [1.165, 1.54) is 0 Å². The van der Waals surface area contributed by atoms with Crippen molar-refractivity contribution in [3.05, 3.63) is 0 Å². The number of rotatable bonds is 4. The van der Waals surface area contributed by atoms with E-state index in [2.05, 4.69) is 33.9 Å². The SMILES string of the molecule is CCOC(=O)C1(O[Si](C)(C)C(C)(C)C)CC1. The number of hydrogen-bond donors (Lipinski definition) is 0. The van der Waals surface area contributed by atoms with Crippen LogP contribution in [-0.4, -0.2) is 26.5 Å². The van der Waals surface area contributed by atoms with Crippen LogP contribution in [0.2, 0.25) is 18.1 Å². The molecule has 0 aromatic rings. The summed E-state index contributed by atoms with van der Waals surface area (Å²) in [5, 5.41) is 0.134. The molecule has 0 atom stereocenters. The van der Waals surface area contributed by atoms with Gasteiger partial charge in [0, 0.05) is 0 Å². The summed E-state index contributed by atoms with van der Waals surface area (Å²) in [5.41, 5.74) is -0.598. The highest BCUT2D eigenvalue weighted by Gasteiger charge is 2.57. The molecule has 0 unspecified atom stereocenters. The molecule has 0 saturated heterocycles. The normalized spacial score (nSPS) is 19.4. The number of carbonyl (C=O) groups excluding carboxylic acids is 1. The lowest BCUT2D eigenvalue weighted by atomic mass is 10.2. The molecule has 94 valence electrons. The molecule has 0 N–H and O–H groups in total. The summed E-state index contributed by atoms with van der Waals surface area (Å²) in [6.45, 7) is 13.2. The van der Waals surface area contributed by atoms with Gasteiger partial charge in [-0.15, -0.1) is 0 Å². The zero-order valence-corrected chi connectivity index (χ0v) is 12.3. The average molecular weight is 244 g/mol. The molecule has 1 aliphatic carbocycles. The zero-order valence-electron chi connectivity index (χ0n) is 11.3. The minimum Gasteiger partial charge on any atom is -0.464 e. The summed E-state index contributed by atoms with van der Waals surface area (Å²) in [6, 6.07) is 0. The topological polar surface area (TPSA) is 35.5 Å². The number of esters is 1. The first-order valence-corrected chi connectivity index (χ1v) is 8.93. The van der Waals surface area contributed by atoms with E-state index in [1.54, 1.807) is 0 Å². The van der Waals surface area contributed by atoms with E-state index in [0.29, 0.717) is 6.61 Å². The van der Waals surface area contributed by atoms with E-state index in [1.807, 2.05) is 6.92 Å². The Balaban J connectivity index is 2.70. The fraction of sp³-hybridized carbons (Fsp3) is 0.917. The quantitative estimate of drug-likeness (QED) is 0.563. The maximum atomic E-state index is 11.8. The molecule has 0 amide bonds. The van der Waals surface area contributed by atoms with Gasteiger partial charge >= 0.3 is 5.97 Å². The first kappa shape index (κ1) is 13.7. The first-order chi connectivity index (χ1) is 7.15. The summed E-state index contributed by atoms with van der Waals surface area (Å²) < 4.78 is 11.3. The molecule has 0 spiro atoms. The number of carbonyl (C=O) groups is 1. The van der Waals surface area contributed by atoms with Gasteiger partial charge < -0.3 is 9.16 Å². The van der Waals surface area contributed by atoms with Gasteiger partial charge in [-0.25, -0.2) is 4.79 Å². The van der Waals surface area contributed by atoms with Crippen LogP contribution in [0, 0.1) is 0 Å². The van der Waals surface area contributed by atoms with Crippen LogP contribution in [0.5, 0.6) is 0 Å². The van der Waals surface area contributed by atoms with Crippen molar-refractivity contribution in [3.8, 4) is 0 Å². The number of ether oxygens (including phenoxy) is 1. The maximum Gasteiger partial charge on any atom is 0.337 e. The third-order valence-electron chi connectivity index (χ3n) is 3.61. The Bertz CT molecular complexity index is 274. The summed E-state index contributed by atoms with van der Waals surface area (Å²) in [5.74, 6) is -0.167. The van der Waals surface area contributed by atoms with Gasteiger partial charge in [0.15, 0.2) is 13.9 Å². The Hall–Kier alpha value is -0.353. The van der Waals surface area contributed by atoms with Gasteiger partial charge in [-0.2, -0.15) is 0 Å². The summed E-state index contributed by atoms with van der Waals surface area (Å²) >= 11 is 0. The van der Waals surface area contributed by atoms with Crippen molar-refractivity contribution in [1.29, 1.82) is 0 Å². The van der Waals surface area contributed by atoms with Crippen molar-refractivity contribution < 1.29 is 14.0 Å². The monoisotopic (exact) mass is 244 g/mol. The van der Waals surface area contributed by atoms with Crippen LogP contribution in [0.4, 0.5) is 0 Å². The van der Waals surface area contributed by atoms with Crippen molar-refractivity contribution in [2.75, 3.05) is 6.61 Å². The fourth-order valence-corrected chi connectivity index (χ4v) is 2.94. The highest BCUT2D eigenvalue weighted by Crippen LogP contribution is 2.48. The third-order valence-corrected chi connectivity index (χ3v) is 8.12. The molecule has 0 aliphatic heterocycles. The standard InChI is InChI=1S/C12H24O3Si/c1-7-14-10(13)12(8-9-12)15-16(5,6)11(2,3)4/h7-9H2,1-6H3. The molecule has 0 aromatic carbocycles. The van der Waals surface area contributed by atoms with Gasteiger partial charge in [0.2, 0.25) is 0 Å². The Labute approximate surface area is 99.6 Å². The molecule has 1 rings (SSSR count). The van der Waals surface area contributed by atoms with Gasteiger partial charge in [0.25, 0.3) is 0 Å². The van der Waals surface area contributed by atoms with Crippen LogP contribution in [0.15, 0.2) is 0 Å². The highest BCUT2D eigenvalue weighted by atomic mass is 28.4. The predicted molar refractivity (Wildman–Crippen MR) is 66.9 cm³/mol. The minimum absolute atomic E-state index is 0.134.